The van der Waals surface area contributed by atoms with Gasteiger partial charge in [-0.3, -0.25) is 0 Å². The van der Waals surface area contributed by atoms with Crippen molar-refractivity contribution in [2.75, 3.05) is 0 Å². The van der Waals surface area contributed by atoms with E-state index in [4.69, 9.17) is 0 Å². The van der Waals surface area contributed by atoms with Crippen molar-refractivity contribution < 1.29 is 0 Å². The lowest BCUT2D eigenvalue weighted by Gasteiger charge is -2.17. The van der Waals surface area contributed by atoms with Crippen LogP contribution in [0, 0.1) is 0 Å². The van der Waals surface area contributed by atoms with Crippen LogP contribution in [-0.4, -0.2) is 0 Å². The van der Waals surface area contributed by atoms with E-state index in [-0.39, 0.29) is 0 Å². The summed E-state index contributed by atoms with van der Waals surface area (Å²) < 4.78 is 0. The van der Waals surface area contributed by atoms with E-state index >= 15 is 0 Å². The zero-order valence-electron chi connectivity index (χ0n) is 33.5. The minimum Gasteiger partial charge on any atom is -0.0622 e. The van der Waals surface area contributed by atoms with Gasteiger partial charge in [-0.15, -0.1) is 0 Å². The number of hydrogen-bond donors (Lipinski definition) is 0. The highest BCUT2D eigenvalue weighted by molar-refractivity contribution is 6.47. The molecule has 1 aliphatic carbocycles. The Morgan fingerprint density at radius 2 is 0.613 bits per heavy atom. The Labute approximate surface area is 355 Å². The first kappa shape index (κ1) is 31.8. The summed E-state index contributed by atoms with van der Waals surface area (Å²) in [6.07, 6.45) is 0. The summed E-state index contributed by atoms with van der Waals surface area (Å²) >= 11 is 0. The summed E-state index contributed by atoms with van der Waals surface area (Å²) in [5, 5.41) is 29.4. The van der Waals surface area contributed by atoms with Crippen LogP contribution in [0.3, 0.4) is 0 Å². The molecule has 0 radical (unpaired) electrons. The Kier molecular flexibility index (Phi) is 5.64. The summed E-state index contributed by atoms with van der Waals surface area (Å²) in [6, 6.07) is 74.0. The number of benzene rings is 13. The summed E-state index contributed by atoms with van der Waals surface area (Å²) in [5.41, 5.74) is 10.6. The molecule has 1 aliphatic rings. The quantitative estimate of drug-likeness (QED) is 0.121. The van der Waals surface area contributed by atoms with Gasteiger partial charge in [-0.25, -0.2) is 0 Å². The molecule has 62 heavy (non-hydrogen) atoms. The molecule has 0 nitrogen and oxygen atoms in total. The van der Waals surface area contributed by atoms with Crippen LogP contribution in [0.4, 0.5) is 0 Å². The van der Waals surface area contributed by atoms with Crippen LogP contribution in [0.25, 0.3) is 163 Å². The second-order valence-corrected chi connectivity index (χ2v) is 17.7. The van der Waals surface area contributed by atoms with Gasteiger partial charge in [0.25, 0.3) is 0 Å². The Morgan fingerprint density at radius 3 is 1.23 bits per heavy atom. The highest BCUT2D eigenvalue weighted by Crippen LogP contribution is 2.58. The molecule has 0 atom stereocenters. The molecule has 0 heteroatoms. The van der Waals surface area contributed by atoms with Gasteiger partial charge in [-0.2, -0.15) is 0 Å². The van der Waals surface area contributed by atoms with Gasteiger partial charge < -0.3 is 0 Å². The lowest BCUT2D eigenvalue weighted by molar-refractivity contribution is 1.68. The highest BCUT2D eigenvalue weighted by Gasteiger charge is 2.29. The second kappa shape index (κ2) is 11.0. The molecule has 0 fully saturated rings. The van der Waals surface area contributed by atoms with E-state index in [1.165, 1.54) is 163 Å². The molecule has 0 saturated heterocycles. The number of hydrogen-bond acceptors (Lipinski definition) is 0. The maximum Gasteiger partial charge on any atom is -0.000740 e. The lowest BCUT2D eigenvalue weighted by atomic mass is 9.85. The molecule has 0 heterocycles. The third-order valence-corrected chi connectivity index (χ3v) is 15.0. The van der Waals surface area contributed by atoms with Gasteiger partial charge in [0.05, 0.1) is 0 Å². The molecule has 15 aromatic carbocycles. The zero-order chi connectivity index (χ0) is 39.9. The molecular formula is C62H32. The monoisotopic (exact) mass is 776 g/mol. The van der Waals surface area contributed by atoms with Crippen molar-refractivity contribution in [3.8, 4) is 44.5 Å². The Balaban J connectivity index is 1.12. The molecule has 0 bridgehead atoms. The maximum absolute atomic E-state index is 2.53. The van der Waals surface area contributed by atoms with E-state index in [2.05, 4.69) is 194 Å². The van der Waals surface area contributed by atoms with Gasteiger partial charge in [0.2, 0.25) is 0 Å². The van der Waals surface area contributed by atoms with Crippen molar-refractivity contribution in [2.45, 2.75) is 0 Å². The second-order valence-electron chi connectivity index (χ2n) is 17.7. The normalized spacial score (nSPS) is 12.8. The molecule has 280 valence electrons. The van der Waals surface area contributed by atoms with E-state index in [9.17, 15) is 0 Å². The van der Waals surface area contributed by atoms with Crippen molar-refractivity contribution in [3.63, 3.8) is 0 Å². The minimum absolute atomic E-state index is 1.25. The van der Waals surface area contributed by atoms with Crippen LogP contribution in [0.1, 0.15) is 0 Å². The first-order valence-corrected chi connectivity index (χ1v) is 21.8. The molecular weight excluding hydrogens is 745 g/mol. The number of rotatable bonds is 2. The van der Waals surface area contributed by atoms with Crippen LogP contribution >= 0.6 is 0 Å². The van der Waals surface area contributed by atoms with Gasteiger partial charge in [-0.1, -0.05) is 182 Å². The van der Waals surface area contributed by atoms with Gasteiger partial charge in [0.1, 0.15) is 0 Å². The smallest absolute Gasteiger partial charge is 0.000740 e. The topological polar surface area (TPSA) is 0 Å². The fraction of sp³-hybridized carbons (Fsp3) is 0. The molecule has 0 amide bonds. The Hall–Kier alpha value is -8.06. The third-order valence-electron chi connectivity index (χ3n) is 15.0. The van der Waals surface area contributed by atoms with Gasteiger partial charge in [0, 0.05) is 0 Å². The molecule has 0 spiro atoms. The third kappa shape index (κ3) is 3.66. The summed E-state index contributed by atoms with van der Waals surface area (Å²) in [7, 11) is 0. The minimum atomic E-state index is 1.25. The van der Waals surface area contributed by atoms with Gasteiger partial charge in [-0.05, 0) is 175 Å². The fourth-order valence-electron chi connectivity index (χ4n) is 12.6. The molecule has 0 saturated carbocycles. The van der Waals surface area contributed by atoms with Crippen LogP contribution in [0.5, 0.6) is 0 Å². The highest BCUT2D eigenvalue weighted by atomic mass is 14.3. The largest absolute Gasteiger partial charge is 0.0622 e. The average molecular weight is 777 g/mol. The summed E-state index contributed by atoms with van der Waals surface area (Å²) in [4.78, 5) is 0. The molecule has 0 aliphatic heterocycles. The van der Waals surface area contributed by atoms with Gasteiger partial charge in [0.15, 0.2) is 0 Å². The van der Waals surface area contributed by atoms with E-state index in [1.54, 1.807) is 0 Å². The lowest BCUT2D eigenvalue weighted by Crippen LogP contribution is -1.89. The van der Waals surface area contributed by atoms with E-state index in [1.807, 2.05) is 0 Å². The van der Waals surface area contributed by atoms with Crippen LogP contribution in [0.2, 0.25) is 0 Å². The fourth-order valence-corrected chi connectivity index (χ4v) is 12.6. The molecule has 0 N–H and O–H groups in total. The predicted molar refractivity (Wildman–Crippen MR) is 268 cm³/mol. The standard InChI is InChI=1S/C62H32/c1-3-12-35(13-4-1)54-51-31-49-38-19-9-16-34-17-10-20-39(53(34)38)50(49)32-52(51)55(36-14-5-2-6-15-36)62-48-30-27-45-43-25-28-46-56-37-18-8-7-11-33(37)21-22-40(56)41-23-24-42(57(43)59(41)46)44-26-29-47(61(54)62)60(48)58(44)45/h1-32H. The van der Waals surface area contributed by atoms with Gasteiger partial charge >= 0.3 is 0 Å². The van der Waals surface area contributed by atoms with Crippen LogP contribution < -0.4 is 0 Å². The summed E-state index contributed by atoms with van der Waals surface area (Å²) in [5.74, 6) is 0. The van der Waals surface area contributed by atoms with Crippen molar-refractivity contribution in [2.24, 2.45) is 0 Å². The maximum atomic E-state index is 2.53. The number of fused-ring (bicyclic) bond motifs is 14. The van der Waals surface area contributed by atoms with Crippen molar-refractivity contribution in [1.29, 1.82) is 0 Å². The van der Waals surface area contributed by atoms with Crippen molar-refractivity contribution >= 4 is 118 Å². The molecule has 16 rings (SSSR count). The van der Waals surface area contributed by atoms with Crippen LogP contribution in [0.15, 0.2) is 194 Å². The SMILES string of the molecule is c1ccc(-c2c3cc4c(cc3c(-c3ccccc3)c3c5ccc6c7ccc8c9c(ccc(c%10ccc(c23)c5c%106)c97)-c2ccc3ccccc3c2-8)c2cccc3cccc4c32)cc1. The first-order valence-electron chi connectivity index (χ1n) is 21.8. The van der Waals surface area contributed by atoms with E-state index in [0.29, 0.717) is 0 Å². The Morgan fingerprint density at radius 1 is 0.177 bits per heavy atom. The molecule has 15 aromatic rings. The predicted octanol–water partition coefficient (Wildman–Crippen LogP) is 17.7. The average Bonchev–Trinajstić information content (AvgIpc) is 3.97. The first-order chi connectivity index (χ1) is 30.8. The molecule has 0 aromatic heterocycles. The zero-order valence-corrected chi connectivity index (χ0v) is 33.5. The van der Waals surface area contributed by atoms with E-state index < -0.39 is 0 Å². The van der Waals surface area contributed by atoms with Crippen molar-refractivity contribution in [3.05, 3.63) is 194 Å². The van der Waals surface area contributed by atoms with E-state index in [0.717, 1.165) is 0 Å². The Bertz CT molecular complexity index is 4260. The molecule has 0 unspecified atom stereocenters. The van der Waals surface area contributed by atoms with Crippen LogP contribution in [-0.2, 0) is 0 Å². The summed E-state index contributed by atoms with van der Waals surface area (Å²) in [6.45, 7) is 0. The van der Waals surface area contributed by atoms with Crippen molar-refractivity contribution in [1.82, 2.24) is 0 Å².